The second-order valence-corrected chi connectivity index (χ2v) is 4.17. The van der Waals surface area contributed by atoms with Gasteiger partial charge in [0, 0.05) is 17.0 Å². The molecule has 0 radical (unpaired) electrons. The van der Waals surface area contributed by atoms with Gasteiger partial charge in [0.2, 0.25) is 0 Å². The minimum atomic E-state index is -0.582. The molecule has 0 aliphatic carbocycles. The Labute approximate surface area is 84.9 Å². The lowest BCUT2D eigenvalue weighted by molar-refractivity contribution is 0.0601. The van der Waals surface area contributed by atoms with E-state index in [0.29, 0.717) is 18.5 Å². The number of esters is 1. The Balaban J connectivity index is 2.43. The van der Waals surface area contributed by atoms with Gasteiger partial charge in [-0.3, -0.25) is 0 Å². The van der Waals surface area contributed by atoms with Gasteiger partial charge in [0.25, 0.3) is 0 Å². The maximum Gasteiger partial charge on any atom is 0.351 e. The summed E-state index contributed by atoms with van der Waals surface area (Å²) in [5, 5.41) is 3.13. The third-order valence-corrected chi connectivity index (χ3v) is 3.42. The zero-order valence-corrected chi connectivity index (χ0v) is 8.54. The van der Waals surface area contributed by atoms with E-state index in [0.717, 1.165) is 11.4 Å². The SMILES string of the molecule is COC(=O)c1sc2c(c1F)CCNC2. The van der Waals surface area contributed by atoms with Gasteiger partial charge in [0.15, 0.2) is 5.82 Å². The summed E-state index contributed by atoms with van der Waals surface area (Å²) in [4.78, 5) is 12.2. The molecule has 2 heterocycles. The van der Waals surface area contributed by atoms with Crippen LogP contribution in [0.3, 0.4) is 0 Å². The smallest absolute Gasteiger partial charge is 0.351 e. The highest BCUT2D eigenvalue weighted by Gasteiger charge is 2.24. The number of methoxy groups -OCH3 is 1. The third-order valence-electron chi connectivity index (χ3n) is 2.23. The van der Waals surface area contributed by atoms with Crippen molar-refractivity contribution >= 4 is 17.3 Å². The fourth-order valence-corrected chi connectivity index (χ4v) is 2.64. The molecule has 5 heteroatoms. The van der Waals surface area contributed by atoms with Gasteiger partial charge in [0.05, 0.1) is 7.11 Å². The van der Waals surface area contributed by atoms with E-state index in [-0.39, 0.29) is 4.88 Å². The Kier molecular flexibility index (Phi) is 2.52. The Morgan fingerprint density at radius 1 is 1.64 bits per heavy atom. The number of ether oxygens (including phenoxy) is 1. The second kappa shape index (κ2) is 3.67. The van der Waals surface area contributed by atoms with Crippen LogP contribution in [0.4, 0.5) is 4.39 Å². The number of rotatable bonds is 1. The Morgan fingerprint density at radius 2 is 2.43 bits per heavy atom. The van der Waals surface area contributed by atoms with Crippen molar-refractivity contribution in [1.29, 1.82) is 0 Å². The van der Waals surface area contributed by atoms with Crippen LogP contribution in [0.2, 0.25) is 0 Å². The molecule has 0 unspecified atom stereocenters. The van der Waals surface area contributed by atoms with Crippen LogP contribution in [0.5, 0.6) is 0 Å². The van der Waals surface area contributed by atoms with Gasteiger partial charge in [-0.25, -0.2) is 9.18 Å². The van der Waals surface area contributed by atoms with E-state index in [9.17, 15) is 9.18 Å². The van der Waals surface area contributed by atoms with E-state index in [4.69, 9.17) is 0 Å². The highest BCUT2D eigenvalue weighted by atomic mass is 32.1. The zero-order chi connectivity index (χ0) is 10.1. The first-order chi connectivity index (χ1) is 6.74. The lowest BCUT2D eigenvalue weighted by Gasteiger charge is -2.11. The predicted molar refractivity (Wildman–Crippen MR) is 51.0 cm³/mol. The fraction of sp³-hybridized carbons (Fsp3) is 0.444. The molecule has 1 aromatic heterocycles. The number of nitrogens with one attached hydrogen (secondary N) is 1. The molecule has 0 fully saturated rings. The van der Waals surface area contributed by atoms with Crippen LogP contribution in [-0.4, -0.2) is 19.6 Å². The maximum absolute atomic E-state index is 13.6. The van der Waals surface area contributed by atoms with Crippen molar-refractivity contribution in [1.82, 2.24) is 5.32 Å². The van der Waals surface area contributed by atoms with Gasteiger partial charge < -0.3 is 10.1 Å². The summed E-state index contributed by atoms with van der Waals surface area (Å²) in [7, 11) is 1.26. The lowest BCUT2D eigenvalue weighted by atomic mass is 10.1. The standard InChI is InChI=1S/C9H10FNO2S/c1-13-9(12)8-7(10)5-2-3-11-4-6(5)14-8/h11H,2-4H2,1H3. The van der Waals surface area contributed by atoms with Crippen molar-refractivity contribution in [3.05, 3.63) is 21.1 Å². The molecule has 0 spiro atoms. The van der Waals surface area contributed by atoms with Crippen molar-refractivity contribution < 1.29 is 13.9 Å². The number of carbonyl (C=O) groups excluding carboxylic acids is 1. The Hall–Kier alpha value is -0.940. The normalized spacial score (nSPS) is 15.0. The molecule has 0 bridgehead atoms. The van der Waals surface area contributed by atoms with Crippen LogP contribution >= 0.6 is 11.3 Å². The zero-order valence-electron chi connectivity index (χ0n) is 7.72. The van der Waals surface area contributed by atoms with Gasteiger partial charge >= 0.3 is 5.97 Å². The molecule has 14 heavy (non-hydrogen) atoms. The van der Waals surface area contributed by atoms with E-state index in [1.54, 1.807) is 0 Å². The second-order valence-electron chi connectivity index (χ2n) is 3.07. The van der Waals surface area contributed by atoms with Crippen molar-refractivity contribution in [2.75, 3.05) is 13.7 Å². The number of fused-ring (bicyclic) bond motifs is 1. The Bertz CT molecular complexity index is 375. The highest BCUT2D eigenvalue weighted by Crippen LogP contribution is 2.29. The minimum Gasteiger partial charge on any atom is -0.465 e. The molecule has 1 N–H and O–H groups in total. The predicted octanol–water partition coefficient (Wildman–Crippen LogP) is 1.32. The van der Waals surface area contributed by atoms with E-state index in [1.165, 1.54) is 18.4 Å². The summed E-state index contributed by atoms with van der Waals surface area (Å²) in [6.07, 6.45) is 0.647. The molecule has 76 valence electrons. The van der Waals surface area contributed by atoms with Gasteiger partial charge in [-0.2, -0.15) is 0 Å². The largest absolute Gasteiger partial charge is 0.465 e. The molecular formula is C9H10FNO2S. The van der Waals surface area contributed by atoms with Crippen LogP contribution in [0.25, 0.3) is 0 Å². The maximum atomic E-state index is 13.6. The van der Waals surface area contributed by atoms with Gasteiger partial charge in [-0.1, -0.05) is 0 Å². The molecule has 0 saturated heterocycles. The molecule has 2 rings (SSSR count). The van der Waals surface area contributed by atoms with Crippen molar-refractivity contribution in [2.24, 2.45) is 0 Å². The van der Waals surface area contributed by atoms with Crippen molar-refractivity contribution in [3.8, 4) is 0 Å². The van der Waals surface area contributed by atoms with Gasteiger partial charge in [-0.15, -0.1) is 11.3 Å². The number of thiophene rings is 1. The first-order valence-corrected chi connectivity index (χ1v) is 5.14. The number of hydrogen-bond donors (Lipinski definition) is 1. The number of carbonyl (C=O) groups is 1. The monoisotopic (exact) mass is 215 g/mol. The first-order valence-electron chi connectivity index (χ1n) is 4.33. The number of hydrogen-bond acceptors (Lipinski definition) is 4. The van der Waals surface area contributed by atoms with Crippen molar-refractivity contribution in [3.63, 3.8) is 0 Å². The molecule has 0 saturated carbocycles. The van der Waals surface area contributed by atoms with Crippen LogP contribution in [0.15, 0.2) is 0 Å². The van der Waals surface area contributed by atoms with E-state index in [1.807, 2.05) is 0 Å². The van der Waals surface area contributed by atoms with Crippen molar-refractivity contribution in [2.45, 2.75) is 13.0 Å². The summed E-state index contributed by atoms with van der Waals surface area (Å²) in [6.45, 7) is 1.41. The topological polar surface area (TPSA) is 38.3 Å². The molecular weight excluding hydrogens is 205 g/mol. The lowest BCUT2D eigenvalue weighted by Crippen LogP contribution is -2.22. The van der Waals surface area contributed by atoms with E-state index >= 15 is 0 Å². The first kappa shape index (κ1) is 9.61. The average Bonchev–Trinajstić information content (AvgIpc) is 2.56. The molecule has 0 aromatic carbocycles. The summed E-state index contributed by atoms with van der Waals surface area (Å²) in [5.74, 6) is -0.972. The Morgan fingerprint density at radius 3 is 3.07 bits per heavy atom. The van der Waals surface area contributed by atoms with Crippen LogP contribution in [-0.2, 0) is 17.7 Å². The summed E-state index contributed by atoms with van der Waals surface area (Å²) in [6, 6.07) is 0. The molecule has 3 nitrogen and oxygen atoms in total. The van der Waals surface area contributed by atoms with Crippen LogP contribution in [0.1, 0.15) is 20.1 Å². The van der Waals surface area contributed by atoms with Crippen LogP contribution < -0.4 is 5.32 Å². The summed E-state index contributed by atoms with van der Waals surface area (Å²) < 4.78 is 18.1. The molecule has 1 aliphatic heterocycles. The molecule has 1 aliphatic rings. The fourth-order valence-electron chi connectivity index (χ4n) is 1.52. The highest BCUT2D eigenvalue weighted by molar-refractivity contribution is 7.14. The van der Waals surface area contributed by atoms with E-state index in [2.05, 4.69) is 10.1 Å². The number of halogens is 1. The molecule has 0 atom stereocenters. The van der Waals surface area contributed by atoms with Gasteiger partial charge in [-0.05, 0) is 13.0 Å². The minimum absolute atomic E-state index is 0.0983. The average molecular weight is 215 g/mol. The quantitative estimate of drug-likeness (QED) is 0.718. The summed E-state index contributed by atoms with van der Waals surface area (Å²) >= 11 is 1.18. The molecule has 1 aromatic rings. The third kappa shape index (κ3) is 1.42. The van der Waals surface area contributed by atoms with Gasteiger partial charge in [0.1, 0.15) is 4.88 Å². The van der Waals surface area contributed by atoms with E-state index < -0.39 is 11.8 Å². The summed E-state index contributed by atoms with van der Waals surface area (Å²) in [5.41, 5.74) is 0.675. The molecule has 0 amide bonds. The van der Waals surface area contributed by atoms with Crippen LogP contribution in [0, 0.1) is 5.82 Å².